The Bertz CT molecular complexity index is 506. The summed E-state index contributed by atoms with van der Waals surface area (Å²) in [6.45, 7) is 2.64. The molecule has 7 heteroatoms. The second kappa shape index (κ2) is 8.49. The maximum Gasteiger partial charge on any atom is 0.337 e. The van der Waals surface area contributed by atoms with E-state index in [1.807, 2.05) is 0 Å². The van der Waals surface area contributed by atoms with Crippen LogP contribution in [0, 0.1) is 0 Å². The Hall–Kier alpha value is -1.79. The number of hydrogen-bond acceptors (Lipinski definition) is 4. The summed E-state index contributed by atoms with van der Waals surface area (Å²) in [5, 5.41) is 11.8. The predicted octanol–water partition coefficient (Wildman–Crippen LogP) is 1.96. The highest BCUT2D eigenvalue weighted by Crippen LogP contribution is 2.22. The second-order valence-electron chi connectivity index (χ2n) is 4.34. The maximum absolute atomic E-state index is 11.8. The molecule has 1 aromatic rings. The molecule has 0 radical (unpaired) electrons. The van der Waals surface area contributed by atoms with Gasteiger partial charge in [-0.05, 0) is 31.5 Å². The van der Waals surface area contributed by atoms with Crippen LogP contribution >= 0.6 is 11.6 Å². The first-order chi connectivity index (χ1) is 9.95. The molecule has 21 heavy (non-hydrogen) atoms. The van der Waals surface area contributed by atoms with Gasteiger partial charge in [0.2, 0.25) is 0 Å². The van der Waals surface area contributed by atoms with Crippen LogP contribution in [0.4, 0.5) is 0 Å². The van der Waals surface area contributed by atoms with Crippen LogP contribution < -0.4 is 10.1 Å². The van der Waals surface area contributed by atoms with Gasteiger partial charge in [0.15, 0.2) is 6.10 Å². The number of carboxylic acid groups (broad SMARTS) is 1. The average Bonchev–Trinajstić information content (AvgIpc) is 2.45. The zero-order chi connectivity index (χ0) is 15.8. The number of aromatic carboxylic acids is 1. The Morgan fingerprint density at radius 2 is 2.14 bits per heavy atom. The van der Waals surface area contributed by atoms with Crippen LogP contribution in [0.3, 0.4) is 0 Å². The van der Waals surface area contributed by atoms with Crippen molar-refractivity contribution in [3.63, 3.8) is 0 Å². The fourth-order valence-corrected chi connectivity index (χ4v) is 1.77. The summed E-state index contributed by atoms with van der Waals surface area (Å²) in [7, 11) is 1.59. The fourth-order valence-electron chi connectivity index (χ4n) is 1.57. The number of carbonyl (C=O) groups is 2. The van der Waals surface area contributed by atoms with Gasteiger partial charge in [-0.25, -0.2) is 4.79 Å². The highest BCUT2D eigenvalue weighted by Gasteiger charge is 2.16. The van der Waals surface area contributed by atoms with Crippen LogP contribution in [0.1, 0.15) is 23.7 Å². The molecule has 0 saturated heterocycles. The van der Waals surface area contributed by atoms with E-state index in [4.69, 9.17) is 26.2 Å². The zero-order valence-electron chi connectivity index (χ0n) is 11.9. The number of methoxy groups -OCH3 is 1. The van der Waals surface area contributed by atoms with Gasteiger partial charge >= 0.3 is 5.97 Å². The molecule has 0 aliphatic heterocycles. The Labute approximate surface area is 128 Å². The van der Waals surface area contributed by atoms with E-state index in [-0.39, 0.29) is 22.2 Å². The molecule has 2 N–H and O–H groups in total. The first-order valence-electron chi connectivity index (χ1n) is 6.42. The molecule has 0 heterocycles. The Balaban J connectivity index is 2.58. The summed E-state index contributed by atoms with van der Waals surface area (Å²) in [5.74, 6) is -1.16. The third-order valence-electron chi connectivity index (χ3n) is 2.67. The van der Waals surface area contributed by atoms with Crippen LogP contribution in [0.2, 0.25) is 5.02 Å². The van der Waals surface area contributed by atoms with Crippen molar-refractivity contribution in [3.8, 4) is 5.75 Å². The minimum atomic E-state index is -1.15. The molecular formula is C14H18ClNO5. The summed E-state index contributed by atoms with van der Waals surface area (Å²) in [6, 6.07) is 4.23. The van der Waals surface area contributed by atoms with E-state index in [2.05, 4.69) is 5.32 Å². The average molecular weight is 316 g/mol. The van der Waals surface area contributed by atoms with Crippen molar-refractivity contribution >= 4 is 23.5 Å². The number of halogens is 1. The van der Waals surface area contributed by atoms with Crippen molar-refractivity contribution in [1.29, 1.82) is 0 Å². The first kappa shape index (κ1) is 17.3. The van der Waals surface area contributed by atoms with E-state index in [9.17, 15) is 9.59 Å². The van der Waals surface area contributed by atoms with Gasteiger partial charge in [-0.1, -0.05) is 11.6 Å². The summed E-state index contributed by atoms with van der Waals surface area (Å²) in [4.78, 5) is 22.7. The molecule has 0 aromatic heterocycles. The van der Waals surface area contributed by atoms with E-state index >= 15 is 0 Å². The highest BCUT2D eigenvalue weighted by atomic mass is 35.5. The topological polar surface area (TPSA) is 84.9 Å². The smallest absolute Gasteiger partial charge is 0.337 e. The standard InChI is InChI=1S/C14H18ClNO5/c1-9(13(17)16-6-3-7-20-2)21-10-4-5-12(15)11(8-10)14(18)19/h4-5,8-9H,3,6-7H2,1-2H3,(H,16,17)(H,18,19). The van der Waals surface area contributed by atoms with Gasteiger partial charge in [0, 0.05) is 20.3 Å². The van der Waals surface area contributed by atoms with Crippen LogP contribution in [0.25, 0.3) is 0 Å². The van der Waals surface area contributed by atoms with Gasteiger partial charge in [0.05, 0.1) is 10.6 Å². The molecule has 1 aromatic carbocycles. The summed E-state index contributed by atoms with van der Waals surface area (Å²) >= 11 is 5.76. The Morgan fingerprint density at radius 3 is 2.76 bits per heavy atom. The maximum atomic E-state index is 11.8. The quantitative estimate of drug-likeness (QED) is 0.716. The molecule has 1 unspecified atom stereocenters. The zero-order valence-corrected chi connectivity index (χ0v) is 12.6. The van der Waals surface area contributed by atoms with Gasteiger partial charge in [-0.2, -0.15) is 0 Å². The SMILES string of the molecule is COCCCNC(=O)C(C)Oc1ccc(Cl)c(C(=O)O)c1. The van der Waals surface area contributed by atoms with Gasteiger partial charge in [-0.15, -0.1) is 0 Å². The molecule has 6 nitrogen and oxygen atoms in total. The summed E-state index contributed by atoms with van der Waals surface area (Å²) < 4.78 is 10.3. The van der Waals surface area contributed by atoms with Crippen molar-refractivity contribution in [2.45, 2.75) is 19.4 Å². The van der Waals surface area contributed by atoms with E-state index in [0.29, 0.717) is 19.6 Å². The molecule has 0 aliphatic carbocycles. The minimum absolute atomic E-state index is 0.0677. The molecule has 0 bridgehead atoms. The summed E-state index contributed by atoms with van der Waals surface area (Å²) in [5.41, 5.74) is -0.0677. The molecular weight excluding hydrogens is 298 g/mol. The number of carbonyl (C=O) groups excluding carboxylic acids is 1. The van der Waals surface area contributed by atoms with Crippen LogP contribution in [-0.4, -0.2) is 43.3 Å². The normalized spacial score (nSPS) is 11.8. The molecule has 116 valence electrons. The Kier molecular flexibility index (Phi) is 6.98. The largest absolute Gasteiger partial charge is 0.481 e. The predicted molar refractivity (Wildman–Crippen MR) is 78.0 cm³/mol. The Morgan fingerprint density at radius 1 is 1.43 bits per heavy atom. The van der Waals surface area contributed by atoms with Crippen molar-refractivity contribution in [3.05, 3.63) is 28.8 Å². The van der Waals surface area contributed by atoms with Crippen molar-refractivity contribution in [2.24, 2.45) is 0 Å². The van der Waals surface area contributed by atoms with Gasteiger partial charge in [0.1, 0.15) is 5.75 Å². The molecule has 1 rings (SSSR count). The summed E-state index contributed by atoms with van der Waals surface area (Å²) in [6.07, 6.45) is -0.0330. The second-order valence-corrected chi connectivity index (χ2v) is 4.75. The molecule has 1 amide bonds. The van der Waals surface area contributed by atoms with Crippen LogP contribution in [0.15, 0.2) is 18.2 Å². The number of nitrogens with one attached hydrogen (secondary N) is 1. The molecule has 0 fully saturated rings. The third kappa shape index (κ3) is 5.61. The lowest BCUT2D eigenvalue weighted by molar-refractivity contribution is -0.127. The van der Waals surface area contributed by atoms with Gasteiger partial charge in [-0.3, -0.25) is 4.79 Å². The number of amides is 1. The molecule has 1 atom stereocenters. The van der Waals surface area contributed by atoms with E-state index < -0.39 is 12.1 Å². The highest BCUT2D eigenvalue weighted by molar-refractivity contribution is 6.33. The van der Waals surface area contributed by atoms with Crippen LogP contribution in [-0.2, 0) is 9.53 Å². The fraction of sp³-hybridized carbons (Fsp3) is 0.429. The lowest BCUT2D eigenvalue weighted by Crippen LogP contribution is -2.37. The van der Waals surface area contributed by atoms with E-state index in [0.717, 1.165) is 0 Å². The number of benzene rings is 1. The minimum Gasteiger partial charge on any atom is -0.481 e. The molecule has 0 saturated carbocycles. The first-order valence-corrected chi connectivity index (χ1v) is 6.79. The van der Waals surface area contributed by atoms with Crippen molar-refractivity contribution < 1.29 is 24.2 Å². The third-order valence-corrected chi connectivity index (χ3v) is 3.00. The molecule has 0 aliphatic rings. The van der Waals surface area contributed by atoms with Gasteiger partial charge in [0.25, 0.3) is 5.91 Å². The van der Waals surface area contributed by atoms with E-state index in [1.54, 1.807) is 14.0 Å². The van der Waals surface area contributed by atoms with Crippen LogP contribution in [0.5, 0.6) is 5.75 Å². The number of carboxylic acids is 1. The van der Waals surface area contributed by atoms with E-state index in [1.165, 1.54) is 18.2 Å². The van der Waals surface area contributed by atoms with Crippen molar-refractivity contribution in [2.75, 3.05) is 20.3 Å². The van der Waals surface area contributed by atoms with Gasteiger partial charge < -0.3 is 19.9 Å². The number of rotatable bonds is 8. The lowest BCUT2D eigenvalue weighted by atomic mass is 10.2. The number of hydrogen-bond donors (Lipinski definition) is 2. The monoisotopic (exact) mass is 315 g/mol. The lowest BCUT2D eigenvalue weighted by Gasteiger charge is -2.15. The molecule has 0 spiro atoms. The van der Waals surface area contributed by atoms with Crippen molar-refractivity contribution in [1.82, 2.24) is 5.32 Å². The number of ether oxygens (including phenoxy) is 2.